The molecule has 0 saturated heterocycles. The van der Waals surface area contributed by atoms with Crippen molar-refractivity contribution in [3.05, 3.63) is 0 Å². The van der Waals surface area contributed by atoms with Crippen LogP contribution in [0.4, 0.5) is 4.79 Å². The number of hydrogen-bond donors (Lipinski definition) is 1. The third-order valence-electron chi connectivity index (χ3n) is 0.994. The summed E-state index contributed by atoms with van der Waals surface area (Å²) in [6.45, 7) is 3.77. The van der Waals surface area contributed by atoms with Gasteiger partial charge in [0.25, 0.3) is 5.24 Å². The van der Waals surface area contributed by atoms with Crippen molar-refractivity contribution in [2.75, 3.05) is 5.75 Å². The van der Waals surface area contributed by atoms with Gasteiger partial charge in [-0.15, -0.1) is 0 Å². The van der Waals surface area contributed by atoms with Crippen LogP contribution in [0.5, 0.6) is 0 Å². The summed E-state index contributed by atoms with van der Waals surface area (Å²) in [4.78, 5) is 21.5. The first-order valence-electron chi connectivity index (χ1n) is 3.67. The van der Waals surface area contributed by atoms with Gasteiger partial charge in [-0.25, -0.2) is 0 Å². The molecule has 11 heavy (non-hydrogen) atoms. The number of carbonyl (C=O) groups excluding carboxylic acids is 2. The van der Waals surface area contributed by atoms with Crippen LogP contribution >= 0.6 is 11.8 Å². The molecule has 0 fully saturated rings. The van der Waals surface area contributed by atoms with Crippen LogP contribution < -0.4 is 5.32 Å². The van der Waals surface area contributed by atoms with E-state index in [0.29, 0.717) is 12.2 Å². The summed E-state index contributed by atoms with van der Waals surface area (Å²) in [5.41, 5.74) is 0. The van der Waals surface area contributed by atoms with Gasteiger partial charge in [0.15, 0.2) is 0 Å². The Morgan fingerprint density at radius 3 is 2.45 bits per heavy atom. The second-order valence-electron chi connectivity index (χ2n) is 2.02. The van der Waals surface area contributed by atoms with Crippen LogP contribution in [-0.2, 0) is 4.79 Å². The molecule has 0 heterocycles. The molecule has 0 bridgehead atoms. The van der Waals surface area contributed by atoms with Gasteiger partial charge in [0.05, 0.1) is 0 Å². The number of nitrogens with one attached hydrogen (secondary N) is 1. The number of imide groups is 1. The van der Waals surface area contributed by atoms with Crippen molar-refractivity contribution in [1.29, 1.82) is 0 Å². The van der Waals surface area contributed by atoms with Gasteiger partial charge < -0.3 is 0 Å². The highest BCUT2D eigenvalue weighted by Crippen LogP contribution is 1.99. The molecule has 0 aliphatic carbocycles. The minimum Gasteiger partial charge on any atom is -0.287 e. The highest BCUT2D eigenvalue weighted by atomic mass is 32.2. The fourth-order valence-electron chi connectivity index (χ4n) is 0.571. The topological polar surface area (TPSA) is 46.2 Å². The molecule has 4 heteroatoms. The van der Waals surface area contributed by atoms with Crippen LogP contribution in [0.25, 0.3) is 0 Å². The average molecular weight is 175 g/mol. The second-order valence-corrected chi connectivity index (χ2v) is 3.26. The Morgan fingerprint density at radius 1 is 1.36 bits per heavy atom. The zero-order chi connectivity index (χ0) is 8.69. The van der Waals surface area contributed by atoms with Crippen molar-refractivity contribution in [1.82, 2.24) is 5.32 Å². The van der Waals surface area contributed by atoms with E-state index < -0.39 is 0 Å². The zero-order valence-electron chi connectivity index (χ0n) is 6.85. The van der Waals surface area contributed by atoms with Crippen LogP contribution in [0.1, 0.15) is 26.7 Å². The van der Waals surface area contributed by atoms with Crippen LogP contribution in [-0.4, -0.2) is 16.9 Å². The van der Waals surface area contributed by atoms with Crippen LogP contribution in [0.2, 0.25) is 0 Å². The Morgan fingerprint density at radius 2 is 2.00 bits per heavy atom. The molecule has 3 nitrogen and oxygen atoms in total. The van der Waals surface area contributed by atoms with E-state index in [1.54, 1.807) is 0 Å². The van der Waals surface area contributed by atoms with Crippen molar-refractivity contribution in [3.8, 4) is 0 Å². The van der Waals surface area contributed by atoms with Crippen LogP contribution in [0.15, 0.2) is 0 Å². The highest BCUT2D eigenvalue weighted by Gasteiger charge is 2.04. The molecule has 0 rings (SSSR count). The number of amides is 2. The second kappa shape index (κ2) is 6.22. The highest BCUT2D eigenvalue weighted by molar-refractivity contribution is 8.13. The summed E-state index contributed by atoms with van der Waals surface area (Å²) >= 11 is 1.11. The number of hydrogen-bond acceptors (Lipinski definition) is 3. The van der Waals surface area contributed by atoms with Crippen molar-refractivity contribution in [2.45, 2.75) is 26.7 Å². The van der Waals surface area contributed by atoms with E-state index in [9.17, 15) is 9.59 Å². The third kappa shape index (κ3) is 5.91. The molecular formula is C7H13NO2S. The summed E-state index contributed by atoms with van der Waals surface area (Å²) in [5.74, 6) is 0.518. The van der Waals surface area contributed by atoms with E-state index in [0.717, 1.165) is 18.2 Å². The first kappa shape index (κ1) is 10.5. The summed E-state index contributed by atoms with van der Waals surface area (Å²) < 4.78 is 0. The standard InChI is InChI=1S/C7H13NO2S/c1-3-5-6(9)8-7(10)11-4-2/h3-5H2,1-2H3,(H,8,9,10). The average Bonchev–Trinajstić information content (AvgIpc) is 1.87. The molecule has 0 aromatic carbocycles. The molecule has 0 radical (unpaired) electrons. The van der Waals surface area contributed by atoms with Crippen molar-refractivity contribution >= 4 is 22.9 Å². The minimum absolute atomic E-state index is 0.182. The normalized spacial score (nSPS) is 9.27. The van der Waals surface area contributed by atoms with E-state index in [1.807, 2.05) is 13.8 Å². The zero-order valence-corrected chi connectivity index (χ0v) is 7.66. The Kier molecular flexibility index (Phi) is 5.93. The van der Waals surface area contributed by atoms with Gasteiger partial charge in [-0.1, -0.05) is 25.6 Å². The van der Waals surface area contributed by atoms with E-state index in [1.165, 1.54) is 0 Å². The summed E-state index contributed by atoms with van der Waals surface area (Å²) in [6.07, 6.45) is 1.20. The van der Waals surface area contributed by atoms with E-state index in [4.69, 9.17) is 0 Å². The van der Waals surface area contributed by atoms with Gasteiger partial charge in [-0.3, -0.25) is 14.9 Å². The van der Waals surface area contributed by atoms with Crippen molar-refractivity contribution in [2.24, 2.45) is 0 Å². The van der Waals surface area contributed by atoms with E-state index >= 15 is 0 Å². The van der Waals surface area contributed by atoms with Gasteiger partial charge in [0.1, 0.15) is 0 Å². The molecule has 0 atom stereocenters. The molecule has 1 N–H and O–H groups in total. The monoisotopic (exact) mass is 175 g/mol. The molecule has 0 aromatic rings. The summed E-state index contributed by atoms with van der Waals surface area (Å²) in [6, 6.07) is 0. The van der Waals surface area contributed by atoms with Gasteiger partial charge in [0.2, 0.25) is 5.91 Å². The summed E-state index contributed by atoms with van der Waals surface area (Å²) in [7, 11) is 0. The molecular weight excluding hydrogens is 162 g/mol. The largest absolute Gasteiger partial charge is 0.287 e. The van der Waals surface area contributed by atoms with Gasteiger partial charge in [-0.05, 0) is 12.2 Å². The molecule has 0 spiro atoms. The van der Waals surface area contributed by atoms with Gasteiger partial charge >= 0.3 is 0 Å². The number of thioether (sulfide) groups is 1. The Balaban J connectivity index is 3.49. The quantitative estimate of drug-likeness (QED) is 0.711. The molecule has 0 aliphatic heterocycles. The maximum atomic E-state index is 10.8. The smallest absolute Gasteiger partial charge is 0.285 e. The fourth-order valence-corrected chi connectivity index (χ4v) is 1.02. The molecule has 0 saturated carbocycles. The molecule has 64 valence electrons. The number of rotatable bonds is 3. The lowest BCUT2D eigenvalue weighted by molar-refractivity contribution is -0.119. The lowest BCUT2D eigenvalue weighted by Crippen LogP contribution is -2.26. The maximum Gasteiger partial charge on any atom is 0.285 e. The predicted octanol–water partition coefficient (Wildman–Crippen LogP) is 1.78. The van der Waals surface area contributed by atoms with E-state index in [-0.39, 0.29) is 11.1 Å². The Labute approximate surface area is 70.9 Å². The molecule has 2 amide bonds. The first-order chi connectivity index (χ1) is 5.20. The van der Waals surface area contributed by atoms with Crippen molar-refractivity contribution in [3.63, 3.8) is 0 Å². The molecule has 0 aromatic heterocycles. The predicted molar refractivity (Wildman–Crippen MR) is 46.6 cm³/mol. The van der Waals surface area contributed by atoms with E-state index in [2.05, 4.69) is 5.32 Å². The lowest BCUT2D eigenvalue weighted by Gasteiger charge is -1.99. The first-order valence-corrected chi connectivity index (χ1v) is 4.65. The summed E-state index contributed by atoms with van der Waals surface area (Å²) in [5, 5.41) is 2.02. The number of carbonyl (C=O) groups is 2. The lowest BCUT2D eigenvalue weighted by atomic mass is 10.3. The molecule has 0 unspecified atom stereocenters. The van der Waals surface area contributed by atoms with Gasteiger partial charge in [0, 0.05) is 6.42 Å². The third-order valence-corrected chi connectivity index (χ3v) is 1.65. The van der Waals surface area contributed by atoms with Crippen LogP contribution in [0.3, 0.4) is 0 Å². The molecule has 0 aliphatic rings. The van der Waals surface area contributed by atoms with Crippen molar-refractivity contribution < 1.29 is 9.59 Å². The Hall–Kier alpha value is -0.510. The maximum absolute atomic E-state index is 10.8. The SMILES string of the molecule is CCCC(=O)NC(=O)SCC. The van der Waals surface area contributed by atoms with Gasteiger partial charge in [-0.2, -0.15) is 0 Å². The fraction of sp³-hybridized carbons (Fsp3) is 0.714. The van der Waals surface area contributed by atoms with Crippen LogP contribution in [0, 0.1) is 0 Å². The minimum atomic E-state index is -0.244. The Bertz CT molecular complexity index is 131.